The largest absolute Gasteiger partial charge is 0.508 e. The maximum Gasteiger partial charge on any atom is 0.117 e. The van der Waals surface area contributed by atoms with E-state index in [4.69, 9.17) is 17.3 Å². The lowest BCUT2D eigenvalue weighted by Gasteiger charge is -2.04. The predicted molar refractivity (Wildman–Crippen MR) is 78.9 cm³/mol. The van der Waals surface area contributed by atoms with Crippen LogP contribution in [0.3, 0.4) is 0 Å². The molecule has 0 spiro atoms. The van der Waals surface area contributed by atoms with Gasteiger partial charge in [0.15, 0.2) is 0 Å². The molecular formula is C14H14Cl2N2O. The van der Waals surface area contributed by atoms with Gasteiger partial charge < -0.3 is 10.8 Å². The molecule has 1 saturated carbocycles. The highest BCUT2D eigenvalue weighted by molar-refractivity contribution is 6.31. The van der Waals surface area contributed by atoms with Crippen molar-refractivity contribution in [3.05, 3.63) is 47.1 Å². The fraction of sp³-hybridized carbons (Fsp3) is 0.214. The monoisotopic (exact) mass is 296 g/mol. The zero-order chi connectivity index (χ0) is 12.7. The van der Waals surface area contributed by atoms with E-state index in [0.29, 0.717) is 10.9 Å². The summed E-state index contributed by atoms with van der Waals surface area (Å²) in [6.45, 7) is 0. The SMILES string of the molecule is Cl.N[C@H]1C[C@@H]1c1ccc(-c2cc(O)cc(Cl)c2)nc1. The minimum Gasteiger partial charge on any atom is -0.508 e. The van der Waals surface area contributed by atoms with Crippen molar-refractivity contribution >= 4 is 24.0 Å². The van der Waals surface area contributed by atoms with E-state index in [9.17, 15) is 5.11 Å². The molecule has 1 heterocycles. The van der Waals surface area contributed by atoms with Gasteiger partial charge in [0.25, 0.3) is 0 Å². The fourth-order valence-corrected chi connectivity index (χ4v) is 2.34. The van der Waals surface area contributed by atoms with Crippen molar-refractivity contribution in [1.29, 1.82) is 0 Å². The van der Waals surface area contributed by atoms with E-state index in [2.05, 4.69) is 4.98 Å². The first-order valence-corrected chi connectivity index (χ1v) is 6.23. The summed E-state index contributed by atoms with van der Waals surface area (Å²) in [6, 6.07) is 9.20. The lowest BCUT2D eigenvalue weighted by Crippen LogP contribution is -2.01. The Bertz CT molecular complexity index is 566. The zero-order valence-electron chi connectivity index (χ0n) is 10.1. The molecule has 0 saturated heterocycles. The van der Waals surface area contributed by atoms with Crippen LogP contribution in [0.2, 0.25) is 5.02 Å². The number of pyridine rings is 1. The molecule has 5 heteroatoms. The van der Waals surface area contributed by atoms with Crippen LogP contribution in [0.15, 0.2) is 36.5 Å². The van der Waals surface area contributed by atoms with Gasteiger partial charge in [-0.1, -0.05) is 17.7 Å². The second-order valence-electron chi connectivity index (χ2n) is 4.68. The van der Waals surface area contributed by atoms with E-state index in [1.807, 2.05) is 18.3 Å². The van der Waals surface area contributed by atoms with Gasteiger partial charge in [0.05, 0.1) is 5.69 Å². The summed E-state index contributed by atoms with van der Waals surface area (Å²) in [5.41, 5.74) is 8.60. The van der Waals surface area contributed by atoms with Crippen LogP contribution in [-0.4, -0.2) is 16.1 Å². The van der Waals surface area contributed by atoms with Gasteiger partial charge in [-0.05, 0) is 36.2 Å². The summed E-state index contributed by atoms with van der Waals surface area (Å²) in [7, 11) is 0. The van der Waals surface area contributed by atoms with Crippen LogP contribution in [0.4, 0.5) is 0 Å². The van der Waals surface area contributed by atoms with Crippen LogP contribution in [-0.2, 0) is 0 Å². The first-order chi connectivity index (χ1) is 8.63. The van der Waals surface area contributed by atoms with Crippen molar-refractivity contribution in [2.45, 2.75) is 18.4 Å². The average Bonchev–Trinajstić information content (AvgIpc) is 3.05. The van der Waals surface area contributed by atoms with E-state index < -0.39 is 0 Å². The Balaban J connectivity index is 0.00000133. The fourth-order valence-electron chi connectivity index (χ4n) is 2.12. The maximum atomic E-state index is 9.51. The molecule has 1 aliphatic rings. The number of rotatable bonds is 2. The minimum absolute atomic E-state index is 0. The van der Waals surface area contributed by atoms with Crippen LogP contribution in [0.5, 0.6) is 5.75 Å². The number of aromatic nitrogens is 1. The number of nitrogens with two attached hydrogens (primary N) is 1. The van der Waals surface area contributed by atoms with Crippen molar-refractivity contribution < 1.29 is 5.11 Å². The first kappa shape index (κ1) is 14.1. The molecule has 3 rings (SSSR count). The molecule has 100 valence electrons. The highest BCUT2D eigenvalue weighted by atomic mass is 35.5. The van der Waals surface area contributed by atoms with Gasteiger partial charge in [-0.3, -0.25) is 4.98 Å². The van der Waals surface area contributed by atoms with Crippen LogP contribution in [0.1, 0.15) is 17.9 Å². The minimum atomic E-state index is 0. The van der Waals surface area contributed by atoms with Gasteiger partial charge in [-0.2, -0.15) is 0 Å². The predicted octanol–water partition coefficient (Wildman–Crippen LogP) is 3.34. The van der Waals surface area contributed by atoms with E-state index in [1.165, 1.54) is 11.6 Å². The van der Waals surface area contributed by atoms with Gasteiger partial charge >= 0.3 is 0 Å². The summed E-state index contributed by atoms with van der Waals surface area (Å²) < 4.78 is 0. The quantitative estimate of drug-likeness (QED) is 0.893. The Morgan fingerprint density at radius 1 is 1.26 bits per heavy atom. The van der Waals surface area contributed by atoms with Crippen LogP contribution in [0.25, 0.3) is 11.3 Å². The van der Waals surface area contributed by atoms with Crippen molar-refractivity contribution in [3.8, 4) is 17.0 Å². The Morgan fingerprint density at radius 3 is 2.53 bits per heavy atom. The zero-order valence-corrected chi connectivity index (χ0v) is 11.7. The lowest BCUT2D eigenvalue weighted by atomic mass is 10.1. The van der Waals surface area contributed by atoms with Crippen LogP contribution in [0, 0.1) is 0 Å². The third-order valence-corrected chi connectivity index (χ3v) is 3.45. The van der Waals surface area contributed by atoms with Gasteiger partial charge in [-0.15, -0.1) is 12.4 Å². The standard InChI is InChI=1S/C14H13ClN2O.ClH/c15-10-3-9(4-11(18)5-10)14-2-1-8(7-17-14)12-6-13(12)16;/h1-5,7,12-13,18H,6,16H2;1H/t12-,13+;/m1./s1. The molecule has 0 amide bonds. The summed E-state index contributed by atoms with van der Waals surface area (Å²) in [4.78, 5) is 4.40. The van der Waals surface area contributed by atoms with Crippen molar-refractivity contribution in [1.82, 2.24) is 4.98 Å². The van der Waals surface area contributed by atoms with Crippen LogP contribution < -0.4 is 5.73 Å². The number of nitrogens with zero attached hydrogens (tertiary/aromatic N) is 1. The topological polar surface area (TPSA) is 59.1 Å². The summed E-state index contributed by atoms with van der Waals surface area (Å²) in [5.74, 6) is 0.604. The highest BCUT2D eigenvalue weighted by Crippen LogP contribution is 2.39. The third-order valence-electron chi connectivity index (χ3n) is 3.23. The smallest absolute Gasteiger partial charge is 0.117 e. The van der Waals surface area contributed by atoms with Crippen molar-refractivity contribution in [2.75, 3.05) is 0 Å². The number of phenolic OH excluding ortho intramolecular Hbond substituents is 1. The highest BCUT2D eigenvalue weighted by Gasteiger charge is 2.34. The summed E-state index contributed by atoms with van der Waals surface area (Å²) in [5, 5.41) is 10.0. The number of benzene rings is 1. The van der Waals surface area contributed by atoms with Gasteiger partial charge in [-0.25, -0.2) is 0 Å². The molecule has 0 radical (unpaired) electrons. The lowest BCUT2D eigenvalue weighted by molar-refractivity contribution is 0.475. The second kappa shape index (κ2) is 5.37. The number of phenols is 1. The van der Waals surface area contributed by atoms with Crippen molar-refractivity contribution in [2.24, 2.45) is 5.73 Å². The normalized spacial score (nSPS) is 20.7. The molecule has 1 aromatic heterocycles. The van der Waals surface area contributed by atoms with E-state index in [0.717, 1.165) is 17.7 Å². The average molecular weight is 297 g/mol. The van der Waals surface area contributed by atoms with Gasteiger partial charge in [0.2, 0.25) is 0 Å². The molecule has 3 nitrogen and oxygen atoms in total. The number of aromatic hydroxyl groups is 1. The molecule has 1 aliphatic carbocycles. The first-order valence-electron chi connectivity index (χ1n) is 5.85. The summed E-state index contributed by atoms with van der Waals surface area (Å²) in [6.07, 6.45) is 2.89. The molecule has 2 aromatic rings. The molecule has 1 fully saturated rings. The maximum absolute atomic E-state index is 9.51. The van der Waals surface area contributed by atoms with E-state index in [-0.39, 0.29) is 24.2 Å². The van der Waals surface area contributed by atoms with E-state index >= 15 is 0 Å². The van der Waals surface area contributed by atoms with Gasteiger partial charge in [0, 0.05) is 28.7 Å². The number of hydrogen-bond donors (Lipinski definition) is 2. The molecule has 0 unspecified atom stereocenters. The second-order valence-corrected chi connectivity index (χ2v) is 5.12. The molecule has 0 bridgehead atoms. The Labute approximate surface area is 122 Å². The summed E-state index contributed by atoms with van der Waals surface area (Å²) >= 11 is 5.91. The Kier molecular flexibility index (Phi) is 3.99. The molecule has 19 heavy (non-hydrogen) atoms. The van der Waals surface area contributed by atoms with Crippen LogP contribution >= 0.6 is 24.0 Å². The molecular weight excluding hydrogens is 283 g/mol. The molecule has 3 N–H and O–H groups in total. The third kappa shape index (κ3) is 3.00. The van der Waals surface area contributed by atoms with Gasteiger partial charge in [0.1, 0.15) is 5.75 Å². The Hall–Kier alpha value is -1.29. The number of halogens is 2. The van der Waals surface area contributed by atoms with E-state index in [1.54, 1.807) is 12.1 Å². The Morgan fingerprint density at radius 2 is 2.00 bits per heavy atom. The van der Waals surface area contributed by atoms with Crippen molar-refractivity contribution in [3.63, 3.8) is 0 Å². The molecule has 1 aromatic carbocycles. The molecule has 2 atom stereocenters. The number of hydrogen-bond acceptors (Lipinski definition) is 3. The molecule has 0 aliphatic heterocycles.